The summed E-state index contributed by atoms with van der Waals surface area (Å²) in [5, 5.41) is 16.5. The third-order valence-electron chi connectivity index (χ3n) is 5.00. The summed E-state index contributed by atoms with van der Waals surface area (Å²) in [5.41, 5.74) is 3.61. The van der Waals surface area contributed by atoms with Crippen molar-refractivity contribution in [3.05, 3.63) is 94.2 Å². The Morgan fingerprint density at radius 2 is 1.65 bits per heavy atom. The van der Waals surface area contributed by atoms with Crippen LogP contribution in [0.2, 0.25) is 10.0 Å². The first kappa shape index (κ1) is 24.1. The Morgan fingerprint density at radius 3 is 2.35 bits per heavy atom. The Kier molecular flexibility index (Phi) is 8.11. The molecule has 0 aliphatic rings. The van der Waals surface area contributed by atoms with Gasteiger partial charge in [0.1, 0.15) is 0 Å². The molecule has 0 aliphatic heterocycles. The zero-order valence-corrected chi connectivity index (χ0v) is 20.8. The zero-order chi connectivity index (χ0) is 23.9. The number of amides is 1. The highest BCUT2D eigenvalue weighted by atomic mass is 35.5. The number of thioether (sulfide) groups is 1. The number of anilines is 2. The molecular weight excluding hydrogens is 489 g/mol. The normalized spacial score (nSPS) is 10.8. The van der Waals surface area contributed by atoms with Gasteiger partial charge in [-0.2, -0.15) is 0 Å². The van der Waals surface area contributed by atoms with Gasteiger partial charge >= 0.3 is 0 Å². The number of hydrogen-bond donors (Lipinski definition) is 2. The minimum Gasteiger partial charge on any atom is -0.378 e. The van der Waals surface area contributed by atoms with Gasteiger partial charge in [-0.1, -0.05) is 76.9 Å². The molecule has 0 saturated carbocycles. The van der Waals surface area contributed by atoms with Crippen LogP contribution in [0.15, 0.2) is 78.0 Å². The molecule has 0 aliphatic carbocycles. The third kappa shape index (κ3) is 6.11. The second-order valence-electron chi connectivity index (χ2n) is 7.53. The fourth-order valence-corrected chi connectivity index (χ4v) is 4.65. The summed E-state index contributed by atoms with van der Waals surface area (Å²) in [5.74, 6) is 1.13. The van der Waals surface area contributed by atoms with Crippen molar-refractivity contribution >= 4 is 52.2 Å². The van der Waals surface area contributed by atoms with E-state index in [4.69, 9.17) is 23.2 Å². The lowest BCUT2D eigenvalue weighted by Crippen LogP contribution is -2.13. The second kappa shape index (κ2) is 11.4. The first-order valence-corrected chi connectivity index (χ1v) is 12.4. The van der Waals surface area contributed by atoms with Crippen LogP contribution in [0.5, 0.6) is 0 Å². The summed E-state index contributed by atoms with van der Waals surface area (Å²) in [6.45, 7) is 2.57. The Bertz CT molecular complexity index is 1240. The summed E-state index contributed by atoms with van der Waals surface area (Å²) >= 11 is 13.8. The largest absolute Gasteiger partial charge is 0.378 e. The van der Waals surface area contributed by atoms with E-state index in [9.17, 15) is 4.79 Å². The molecule has 1 heterocycles. The van der Waals surface area contributed by atoms with Crippen molar-refractivity contribution in [3.8, 4) is 5.69 Å². The lowest BCUT2D eigenvalue weighted by molar-refractivity contribution is -0.115. The molecule has 3 aromatic carbocycles. The molecule has 1 amide bonds. The lowest BCUT2D eigenvalue weighted by Gasteiger charge is -2.12. The number of aryl methyl sites for hydroxylation is 1. The highest BCUT2D eigenvalue weighted by Gasteiger charge is 2.16. The summed E-state index contributed by atoms with van der Waals surface area (Å²) in [7, 11) is 0. The Balaban J connectivity index is 1.44. The summed E-state index contributed by atoms with van der Waals surface area (Å²) in [4.78, 5) is 12.5. The molecule has 0 fully saturated rings. The van der Waals surface area contributed by atoms with Crippen molar-refractivity contribution < 1.29 is 4.79 Å². The Morgan fingerprint density at radius 1 is 0.941 bits per heavy atom. The molecule has 4 rings (SSSR count). The highest BCUT2D eigenvalue weighted by molar-refractivity contribution is 7.99. The molecule has 2 N–H and O–H groups in total. The number of carbonyl (C=O) groups is 1. The van der Waals surface area contributed by atoms with Crippen LogP contribution in [-0.4, -0.2) is 26.4 Å². The topological polar surface area (TPSA) is 71.8 Å². The van der Waals surface area contributed by atoms with Crippen LogP contribution in [0.1, 0.15) is 17.8 Å². The van der Waals surface area contributed by atoms with Crippen molar-refractivity contribution in [2.75, 3.05) is 16.4 Å². The smallest absolute Gasteiger partial charge is 0.225 e. The quantitative estimate of drug-likeness (QED) is 0.247. The molecule has 0 atom stereocenters. The summed E-state index contributed by atoms with van der Waals surface area (Å²) in [6, 6.07) is 23.2. The van der Waals surface area contributed by atoms with Crippen LogP contribution in [0.4, 0.5) is 11.4 Å². The minimum absolute atomic E-state index is 0.172. The standard InChI is InChI=1S/C25H23Cl2N5OS/c1-17-10-12-18(13-11-17)28-16-22-30-31-25(32(22)19-6-3-2-4-7-19)34-15-14-23(33)29-24-20(26)8-5-9-21(24)27/h2-13,28H,14-16H2,1H3,(H,29,33). The molecule has 34 heavy (non-hydrogen) atoms. The van der Waals surface area contributed by atoms with Crippen LogP contribution in [0, 0.1) is 6.92 Å². The SMILES string of the molecule is Cc1ccc(NCc2nnc(SCCC(=O)Nc3c(Cl)cccc3Cl)n2-c2ccccc2)cc1. The van der Waals surface area contributed by atoms with Crippen molar-refractivity contribution in [3.63, 3.8) is 0 Å². The molecule has 0 radical (unpaired) electrons. The van der Waals surface area contributed by atoms with E-state index in [2.05, 4.69) is 39.9 Å². The van der Waals surface area contributed by atoms with Crippen LogP contribution in [0.3, 0.4) is 0 Å². The van der Waals surface area contributed by atoms with Gasteiger partial charge in [-0.05, 0) is 43.3 Å². The third-order valence-corrected chi connectivity index (χ3v) is 6.57. The van der Waals surface area contributed by atoms with Gasteiger partial charge in [0.15, 0.2) is 11.0 Å². The average Bonchev–Trinajstić information content (AvgIpc) is 3.24. The maximum atomic E-state index is 12.5. The molecule has 4 aromatic rings. The van der Waals surface area contributed by atoms with Crippen molar-refractivity contribution in [1.29, 1.82) is 0 Å². The minimum atomic E-state index is -0.172. The molecule has 6 nitrogen and oxygen atoms in total. The molecule has 0 bridgehead atoms. The molecule has 1 aromatic heterocycles. The maximum Gasteiger partial charge on any atom is 0.225 e. The van der Waals surface area contributed by atoms with Crippen LogP contribution in [0.25, 0.3) is 5.69 Å². The van der Waals surface area contributed by atoms with Gasteiger partial charge in [-0.25, -0.2) is 0 Å². The number of nitrogens with one attached hydrogen (secondary N) is 2. The van der Waals surface area contributed by atoms with Gasteiger partial charge in [0, 0.05) is 23.5 Å². The fourth-order valence-electron chi connectivity index (χ4n) is 3.25. The zero-order valence-electron chi connectivity index (χ0n) is 18.5. The van der Waals surface area contributed by atoms with E-state index in [-0.39, 0.29) is 12.3 Å². The number of carbonyl (C=O) groups excluding carboxylic acids is 1. The predicted octanol–water partition coefficient (Wildman–Crippen LogP) is 6.62. The fraction of sp³-hybridized carbons (Fsp3) is 0.160. The predicted molar refractivity (Wildman–Crippen MR) is 140 cm³/mol. The second-order valence-corrected chi connectivity index (χ2v) is 9.41. The maximum absolute atomic E-state index is 12.5. The molecule has 174 valence electrons. The van der Waals surface area contributed by atoms with E-state index >= 15 is 0 Å². The Hall–Kier alpha value is -3.00. The van der Waals surface area contributed by atoms with E-state index in [1.165, 1.54) is 17.3 Å². The number of para-hydroxylation sites is 2. The first-order chi connectivity index (χ1) is 16.5. The molecule has 0 spiro atoms. The number of nitrogens with zero attached hydrogens (tertiary/aromatic N) is 3. The molecule has 9 heteroatoms. The number of halogens is 2. The van der Waals surface area contributed by atoms with Gasteiger partial charge in [-0.15, -0.1) is 10.2 Å². The van der Waals surface area contributed by atoms with Gasteiger partial charge in [0.25, 0.3) is 0 Å². The van der Waals surface area contributed by atoms with Crippen LogP contribution in [-0.2, 0) is 11.3 Å². The Labute approximate surface area is 212 Å². The number of aromatic nitrogens is 3. The number of benzene rings is 3. The van der Waals surface area contributed by atoms with Gasteiger partial charge < -0.3 is 10.6 Å². The highest BCUT2D eigenvalue weighted by Crippen LogP contribution is 2.30. The van der Waals surface area contributed by atoms with E-state index in [0.717, 1.165) is 22.4 Å². The van der Waals surface area contributed by atoms with Gasteiger partial charge in [-0.3, -0.25) is 9.36 Å². The summed E-state index contributed by atoms with van der Waals surface area (Å²) in [6.07, 6.45) is 0.269. The van der Waals surface area contributed by atoms with Gasteiger partial charge in [0.2, 0.25) is 5.91 Å². The average molecular weight is 512 g/mol. The van der Waals surface area contributed by atoms with E-state index in [0.29, 0.717) is 28.0 Å². The molecule has 0 saturated heterocycles. The van der Waals surface area contributed by atoms with Crippen LogP contribution >= 0.6 is 35.0 Å². The lowest BCUT2D eigenvalue weighted by atomic mass is 10.2. The summed E-state index contributed by atoms with van der Waals surface area (Å²) < 4.78 is 2.01. The van der Waals surface area contributed by atoms with Crippen molar-refractivity contribution in [1.82, 2.24) is 14.8 Å². The van der Waals surface area contributed by atoms with Crippen molar-refractivity contribution in [2.45, 2.75) is 25.0 Å². The van der Waals surface area contributed by atoms with Gasteiger partial charge in [0.05, 0.1) is 22.3 Å². The van der Waals surface area contributed by atoms with E-state index in [1.807, 2.05) is 47.0 Å². The first-order valence-electron chi connectivity index (χ1n) is 10.7. The van der Waals surface area contributed by atoms with Crippen molar-refractivity contribution in [2.24, 2.45) is 0 Å². The molecular formula is C25H23Cl2N5OS. The van der Waals surface area contributed by atoms with E-state index < -0.39 is 0 Å². The van der Waals surface area contributed by atoms with Crippen LogP contribution < -0.4 is 10.6 Å². The molecule has 0 unspecified atom stereocenters. The number of rotatable bonds is 9. The monoisotopic (exact) mass is 511 g/mol. The number of hydrogen-bond acceptors (Lipinski definition) is 5. The van der Waals surface area contributed by atoms with E-state index in [1.54, 1.807) is 18.2 Å².